The van der Waals surface area contributed by atoms with Gasteiger partial charge in [-0.2, -0.15) is 0 Å². The Labute approximate surface area is 126 Å². The minimum Gasteiger partial charge on any atom is -0.462 e. The molecule has 0 aromatic carbocycles. The third-order valence-corrected chi connectivity index (χ3v) is 4.12. The van der Waals surface area contributed by atoms with Crippen LogP contribution in [0.1, 0.15) is 79.1 Å². The van der Waals surface area contributed by atoms with E-state index in [1.807, 2.05) is 0 Å². The molecular formula is C18H34O2. The second kappa shape index (κ2) is 12.0. The Kier molecular flexibility index (Phi) is 11.5. The van der Waals surface area contributed by atoms with E-state index in [1.54, 1.807) is 6.92 Å². The van der Waals surface area contributed by atoms with Crippen molar-refractivity contribution >= 4 is 5.97 Å². The Hall–Kier alpha value is -0.790. The van der Waals surface area contributed by atoms with Gasteiger partial charge >= 0.3 is 5.97 Å². The lowest BCUT2D eigenvalue weighted by Gasteiger charge is -2.19. The van der Waals surface area contributed by atoms with Crippen LogP contribution in [0.4, 0.5) is 0 Å². The third kappa shape index (κ3) is 10.1. The molecule has 2 heteroatoms. The SMILES string of the molecule is C=C(C)C(=O)OCCCC(C)C(C)CCCCCCC. The molecule has 0 radical (unpaired) electrons. The molecule has 2 nitrogen and oxygen atoms in total. The fraction of sp³-hybridized carbons (Fsp3) is 0.833. The van der Waals surface area contributed by atoms with E-state index in [0.29, 0.717) is 18.1 Å². The lowest BCUT2D eigenvalue weighted by Crippen LogP contribution is -2.11. The summed E-state index contributed by atoms with van der Waals surface area (Å²) in [6.07, 6.45) is 10.2. The molecule has 0 spiro atoms. The summed E-state index contributed by atoms with van der Waals surface area (Å²) < 4.78 is 5.12. The predicted octanol–water partition coefficient (Wildman–Crippen LogP) is 5.52. The molecule has 2 atom stereocenters. The van der Waals surface area contributed by atoms with E-state index in [-0.39, 0.29) is 5.97 Å². The smallest absolute Gasteiger partial charge is 0.333 e. The van der Waals surface area contributed by atoms with Gasteiger partial charge < -0.3 is 4.74 Å². The molecule has 118 valence electrons. The summed E-state index contributed by atoms with van der Waals surface area (Å²) in [6, 6.07) is 0. The molecular weight excluding hydrogens is 248 g/mol. The number of hydrogen-bond donors (Lipinski definition) is 0. The molecule has 0 N–H and O–H groups in total. The van der Waals surface area contributed by atoms with Crippen LogP contribution < -0.4 is 0 Å². The molecule has 0 aromatic heterocycles. The normalized spacial score (nSPS) is 13.8. The van der Waals surface area contributed by atoms with E-state index in [9.17, 15) is 4.79 Å². The van der Waals surface area contributed by atoms with Crippen LogP contribution in [-0.2, 0) is 9.53 Å². The second-order valence-electron chi connectivity index (χ2n) is 6.22. The van der Waals surface area contributed by atoms with E-state index < -0.39 is 0 Å². The molecule has 0 rings (SSSR count). The first-order chi connectivity index (χ1) is 9.49. The first kappa shape index (κ1) is 19.2. The monoisotopic (exact) mass is 282 g/mol. The summed E-state index contributed by atoms with van der Waals surface area (Å²) in [6.45, 7) is 12.7. The molecule has 0 aromatic rings. The van der Waals surface area contributed by atoms with E-state index in [2.05, 4.69) is 27.4 Å². The van der Waals surface area contributed by atoms with Crippen LogP contribution in [-0.4, -0.2) is 12.6 Å². The second-order valence-corrected chi connectivity index (χ2v) is 6.22. The maximum Gasteiger partial charge on any atom is 0.333 e. The number of carbonyl (C=O) groups is 1. The van der Waals surface area contributed by atoms with Gasteiger partial charge in [0.05, 0.1) is 6.61 Å². The number of esters is 1. The molecule has 0 saturated carbocycles. The highest BCUT2D eigenvalue weighted by Gasteiger charge is 2.12. The summed E-state index contributed by atoms with van der Waals surface area (Å²) in [5.74, 6) is 1.22. The molecule has 0 heterocycles. The van der Waals surface area contributed by atoms with Gasteiger partial charge in [0.2, 0.25) is 0 Å². The first-order valence-electron chi connectivity index (χ1n) is 8.31. The quantitative estimate of drug-likeness (QED) is 0.268. The van der Waals surface area contributed by atoms with Crippen molar-refractivity contribution in [3.05, 3.63) is 12.2 Å². The fourth-order valence-electron chi connectivity index (χ4n) is 2.33. The highest BCUT2D eigenvalue weighted by molar-refractivity contribution is 5.86. The average molecular weight is 282 g/mol. The summed E-state index contributed by atoms with van der Waals surface area (Å²) in [5, 5.41) is 0. The molecule has 0 bridgehead atoms. The van der Waals surface area contributed by atoms with Crippen LogP contribution >= 0.6 is 0 Å². The van der Waals surface area contributed by atoms with Crippen molar-refractivity contribution in [1.29, 1.82) is 0 Å². The zero-order chi connectivity index (χ0) is 15.4. The third-order valence-electron chi connectivity index (χ3n) is 4.12. The summed E-state index contributed by atoms with van der Waals surface area (Å²) in [5.41, 5.74) is 0.485. The molecule has 0 aliphatic carbocycles. The number of rotatable bonds is 12. The number of ether oxygens (including phenoxy) is 1. The average Bonchev–Trinajstić information content (AvgIpc) is 2.42. The van der Waals surface area contributed by atoms with Crippen LogP contribution in [0.5, 0.6) is 0 Å². The Balaban J connectivity index is 3.57. The molecule has 2 unspecified atom stereocenters. The zero-order valence-corrected chi connectivity index (χ0v) is 14.0. The van der Waals surface area contributed by atoms with Gasteiger partial charge in [-0.25, -0.2) is 4.79 Å². The van der Waals surface area contributed by atoms with Crippen LogP contribution in [0, 0.1) is 11.8 Å². The van der Waals surface area contributed by atoms with Gasteiger partial charge in [-0.05, 0) is 31.6 Å². The van der Waals surface area contributed by atoms with Crippen molar-refractivity contribution in [2.75, 3.05) is 6.61 Å². The van der Waals surface area contributed by atoms with Crippen molar-refractivity contribution in [2.45, 2.75) is 79.1 Å². The van der Waals surface area contributed by atoms with E-state index in [4.69, 9.17) is 4.74 Å². The number of carbonyl (C=O) groups excluding carboxylic acids is 1. The molecule has 0 fully saturated rings. The maximum absolute atomic E-state index is 11.2. The largest absolute Gasteiger partial charge is 0.462 e. The Morgan fingerprint density at radius 1 is 1.00 bits per heavy atom. The van der Waals surface area contributed by atoms with Gasteiger partial charge in [-0.3, -0.25) is 0 Å². The Bertz CT molecular complexity index is 271. The first-order valence-corrected chi connectivity index (χ1v) is 8.31. The van der Waals surface area contributed by atoms with Crippen molar-refractivity contribution < 1.29 is 9.53 Å². The highest BCUT2D eigenvalue weighted by atomic mass is 16.5. The van der Waals surface area contributed by atoms with Gasteiger partial charge in [0.25, 0.3) is 0 Å². The fourth-order valence-corrected chi connectivity index (χ4v) is 2.33. The predicted molar refractivity (Wildman–Crippen MR) is 86.7 cm³/mol. The van der Waals surface area contributed by atoms with Crippen LogP contribution in [0.3, 0.4) is 0 Å². The molecule has 0 saturated heterocycles. The molecule has 0 amide bonds. The molecule has 0 aliphatic rings. The lowest BCUT2D eigenvalue weighted by molar-refractivity contribution is -0.139. The van der Waals surface area contributed by atoms with Crippen molar-refractivity contribution in [2.24, 2.45) is 11.8 Å². The number of unbranched alkanes of at least 4 members (excludes halogenated alkanes) is 4. The van der Waals surface area contributed by atoms with E-state index >= 15 is 0 Å². The minimum absolute atomic E-state index is 0.262. The van der Waals surface area contributed by atoms with Gasteiger partial charge in [0.1, 0.15) is 0 Å². The summed E-state index contributed by atoms with van der Waals surface area (Å²) in [7, 11) is 0. The topological polar surface area (TPSA) is 26.3 Å². The van der Waals surface area contributed by atoms with Gasteiger partial charge in [0.15, 0.2) is 0 Å². The molecule has 0 aliphatic heterocycles. The van der Waals surface area contributed by atoms with Crippen molar-refractivity contribution in [1.82, 2.24) is 0 Å². The lowest BCUT2D eigenvalue weighted by atomic mass is 9.87. The number of hydrogen-bond acceptors (Lipinski definition) is 2. The summed E-state index contributed by atoms with van der Waals surface area (Å²) >= 11 is 0. The zero-order valence-electron chi connectivity index (χ0n) is 14.0. The van der Waals surface area contributed by atoms with E-state index in [1.165, 1.54) is 38.5 Å². The van der Waals surface area contributed by atoms with Crippen LogP contribution in [0.25, 0.3) is 0 Å². The standard InChI is InChI=1S/C18H34O2/c1-6-7-8-9-10-12-16(4)17(5)13-11-14-20-18(19)15(2)3/h16-17H,2,6-14H2,1,3-5H3. The van der Waals surface area contributed by atoms with Gasteiger partial charge in [-0.15, -0.1) is 0 Å². The van der Waals surface area contributed by atoms with E-state index in [0.717, 1.165) is 18.8 Å². The van der Waals surface area contributed by atoms with Crippen LogP contribution in [0.15, 0.2) is 12.2 Å². The van der Waals surface area contributed by atoms with Gasteiger partial charge in [-0.1, -0.05) is 65.9 Å². The minimum atomic E-state index is -0.262. The highest BCUT2D eigenvalue weighted by Crippen LogP contribution is 2.22. The van der Waals surface area contributed by atoms with Crippen molar-refractivity contribution in [3.63, 3.8) is 0 Å². The maximum atomic E-state index is 11.2. The van der Waals surface area contributed by atoms with Gasteiger partial charge in [0, 0.05) is 5.57 Å². The Morgan fingerprint density at radius 3 is 2.10 bits per heavy atom. The summed E-state index contributed by atoms with van der Waals surface area (Å²) in [4.78, 5) is 11.2. The Morgan fingerprint density at radius 2 is 1.55 bits per heavy atom. The van der Waals surface area contributed by atoms with Crippen LogP contribution in [0.2, 0.25) is 0 Å². The molecule has 20 heavy (non-hydrogen) atoms. The van der Waals surface area contributed by atoms with Crippen molar-refractivity contribution in [3.8, 4) is 0 Å².